The first-order valence-corrected chi connectivity index (χ1v) is 5.57. The third kappa shape index (κ3) is 9.84. The molecule has 0 aliphatic rings. The molecule has 2 nitrogen and oxygen atoms in total. The van der Waals surface area contributed by atoms with Crippen molar-refractivity contribution in [3.05, 3.63) is 0 Å². The van der Waals surface area contributed by atoms with E-state index in [0.29, 0.717) is 0 Å². The summed E-state index contributed by atoms with van der Waals surface area (Å²) in [6.07, 6.45) is 6.68. The van der Waals surface area contributed by atoms with Crippen LogP contribution in [0.25, 0.3) is 0 Å². The Hall–Kier alpha value is -0.0800. The van der Waals surface area contributed by atoms with Gasteiger partial charge in [-0.25, -0.2) is 0 Å². The second kappa shape index (κ2) is 11.9. The number of unbranched alkanes of at least 4 members (excludes halogenated alkanes) is 2. The lowest BCUT2D eigenvalue weighted by Crippen LogP contribution is -2.26. The van der Waals surface area contributed by atoms with Gasteiger partial charge in [0.1, 0.15) is 0 Å². The normalized spacial score (nSPS) is 10.2. The van der Waals surface area contributed by atoms with Gasteiger partial charge in [0.15, 0.2) is 0 Å². The topological polar surface area (TPSA) is 38.2 Å². The molecule has 2 heteroatoms. The van der Waals surface area contributed by atoms with Crippen LogP contribution in [0, 0.1) is 0 Å². The number of rotatable bonds is 8. The van der Waals surface area contributed by atoms with Crippen LogP contribution in [-0.4, -0.2) is 24.5 Å². The molecule has 3 N–H and O–H groups in total. The summed E-state index contributed by atoms with van der Waals surface area (Å²) >= 11 is 0. The zero-order chi connectivity index (χ0) is 9.23. The maximum atomic E-state index is 2.60. The van der Waals surface area contributed by atoms with Crippen molar-refractivity contribution >= 4 is 0 Å². The van der Waals surface area contributed by atoms with Crippen molar-refractivity contribution in [3.63, 3.8) is 0 Å². The van der Waals surface area contributed by atoms with Crippen LogP contribution < -0.4 is 6.15 Å². The lowest BCUT2D eigenvalue weighted by Gasteiger charge is -2.20. The smallest absolute Gasteiger partial charge is 0.00188 e. The van der Waals surface area contributed by atoms with Gasteiger partial charge in [0, 0.05) is 0 Å². The maximum absolute atomic E-state index is 2.60. The molecule has 0 rings (SSSR count). The highest BCUT2D eigenvalue weighted by Gasteiger charge is 2.00. The quantitative estimate of drug-likeness (QED) is 0.633. The van der Waals surface area contributed by atoms with E-state index in [-0.39, 0.29) is 6.15 Å². The van der Waals surface area contributed by atoms with Crippen LogP contribution >= 0.6 is 0 Å². The van der Waals surface area contributed by atoms with Gasteiger partial charge in [-0.2, -0.15) is 0 Å². The largest absolute Gasteiger partial charge is 0.344 e. The summed E-state index contributed by atoms with van der Waals surface area (Å²) < 4.78 is 0. The highest BCUT2D eigenvalue weighted by Crippen LogP contribution is 1.99. The summed E-state index contributed by atoms with van der Waals surface area (Å²) in [6.45, 7) is 10.7. The summed E-state index contributed by atoms with van der Waals surface area (Å²) in [5, 5.41) is 0. The van der Waals surface area contributed by atoms with Crippen LogP contribution in [0.15, 0.2) is 0 Å². The summed E-state index contributed by atoms with van der Waals surface area (Å²) in [4.78, 5) is 2.60. The second-order valence-electron chi connectivity index (χ2n) is 3.55. The highest BCUT2D eigenvalue weighted by molar-refractivity contribution is 4.56. The predicted molar refractivity (Wildman–Crippen MR) is 61.6 cm³/mol. The molecule has 0 bridgehead atoms. The third-order valence-electron chi connectivity index (χ3n) is 2.20. The SMILES string of the molecule is CCCCN(CCC)CCCC.N. The lowest BCUT2D eigenvalue weighted by molar-refractivity contribution is 0.266. The van der Waals surface area contributed by atoms with Crippen molar-refractivity contribution in [2.24, 2.45) is 0 Å². The molecule has 0 spiro atoms. The molecule has 0 aromatic rings. The molecule has 0 unspecified atom stereocenters. The van der Waals surface area contributed by atoms with Crippen molar-refractivity contribution in [3.8, 4) is 0 Å². The zero-order valence-corrected chi connectivity index (χ0v) is 9.81. The van der Waals surface area contributed by atoms with Gasteiger partial charge in [-0.15, -0.1) is 0 Å². The van der Waals surface area contributed by atoms with Gasteiger partial charge in [0.2, 0.25) is 0 Å². The van der Waals surface area contributed by atoms with E-state index in [9.17, 15) is 0 Å². The van der Waals surface area contributed by atoms with Crippen molar-refractivity contribution in [2.75, 3.05) is 19.6 Å². The first-order valence-electron chi connectivity index (χ1n) is 5.57. The zero-order valence-electron chi connectivity index (χ0n) is 9.81. The molecule has 0 aromatic carbocycles. The van der Waals surface area contributed by atoms with Crippen LogP contribution in [0.1, 0.15) is 52.9 Å². The molecule has 0 radical (unpaired) electrons. The fraction of sp³-hybridized carbons (Fsp3) is 1.00. The van der Waals surface area contributed by atoms with Crippen molar-refractivity contribution in [2.45, 2.75) is 52.9 Å². The summed E-state index contributed by atoms with van der Waals surface area (Å²) in [5.74, 6) is 0. The first kappa shape index (κ1) is 15.4. The maximum Gasteiger partial charge on any atom is -0.00188 e. The lowest BCUT2D eigenvalue weighted by atomic mass is 10.2. The van der Waals surface area contributed by atoms with Gasteiger partial charge >= 0.3 is 0 Å². The molecule has 0 heterocycles. The van der Waals surface area contributed by atoms with E-state index < -0.39 is 0 Å². The molecule has 0 saturated heterocycles. The van der Waals surface area contributed by atoms with Gasteiger partial charge in [0.05, 0.1) is 0 Å². The Balaban J connectivity index is 0. The molecule has 0 saturated carbocycles. The fourth-order valence-corrected chi connectivity index (χ4v) is 1.42. The van der Waals surface area contributed by atoms with Crippen LogP contribution in [-0.2, 0) is 0 Å². The molecule has 13 heavy (non-hydrogen) atoms. The van der Waals surface area contributed by atoms with Gasteiger partial charge < -0.3 is 11.1 Å². The van der Waals surface area contributed by atoms with E-state index in [1.54, 1.807) is 0 Å². The Labute approximate surface area is 84.3 Å². The minimum absolute atomic E-state index is 0. The predicted octanol–water partition coefficient (Wildman–Crippen LogP) is 3.46. The van der Waals surface area contributed by atoms with Crippen molar-refractivity contribution < 1.29 is 0 Å². The van der Waals surface area contributed by atoms with E-state index in [4.69, 9.17) is 0 Å². The first-order chi connectivity index (χ1) is 5.85. The van der Waals surface area contributed by atoms with Crippen LogP contribution in [0.5, 0.6) is 0 Å². The van der Waals surface area contributed by atoms with Crippen LogP contribution in [0.3, 0.4) is 0 Å². The number of hydrogen-bond donors (Lipinski definition) is 1. The Morgan fingerprint density at radius 2 is 1.15 bits per heavy atom. The average Bonchev–Trinajstić information content (AvgIpc) is 2.10. The molecule has 0 amide bonds. The standard InChI is InChI=1S/C11H25N.H3N/c1-4-7-10-12(9-6-3)11-8-5-2;/h4-11H2,1-3H3;1H3. The Bertz CT molecular complexity index is 76.2. The Morgan fingerprint density at radius 1 is 0.692 bits per heavy atom. The van der Waals surface area contributed by atoms with E-state index in [2.05, 4.69) is 25.7 Å². The molecule has 0 fully saturated rings. The number of nitrogens with zero attached hydrogens (tertiary/aromatic N) is 1. The van der Waals surface area contributed by atoms with Gasteiger partial charge in [-0.05, 0) is 38.9 Å². The van der Waals surface area contributed by atoms with Crippen LogP contribution in [0.2, 0.25) is 0 Å². The minimum Gasteiger partial charge on any atom is -0.344 e. The van der Waals surface area contributed by atoms with Crippen molar-refractivity contribution in [1.82, 2.24) is 11.1 Å². The monoisotopic (exact) mass is 188 g/mol. The van der Waals surface area contributed by atoms with Gasteiger partial charge in [-0.3, -0.25) is 0 Å². The van der Waals surface area contributed by atoms with E-state index >= 15 is 0 Å². The molecule has 0 atom stereocenters. The molecule has 0 aliphatic heterocycles. The number of hydrogen-bond acceptors (Lipinski definition) is 2. The van der Waals surface area contributed by atoms with E-state index in [1.165, 1.54) is 51.7 Å². The van der Waals surface area contributed by atoms with Gasteiger partial charge in [0.25, 0.3) is 0 Å². The van der Waals surface area contributed by atoms with Crippen LogP contribution in [0.4, 0.5) is 0 Å². The summed E-state index contributed by atoms with van der Waals surface area (Å²) in [5.41, 5.74) is 0. The summed E-state index contributed by atoms with van der Waals surface area (Å²) in [7, 11) is 0. The molecule has 82 valence electrons. The summed E-state index contributed by atoms with van der Waals surface area (Å²) in [6, 6.07) is 0. The Morgan fingerprint density at radius 3 is 1.46 bits per heavy atom. The van der Waals surface area contributed by atoms with E-state index in [1.807, 2.05) is 0 Å². The molecular weight excluding hydrogens is 160 g/mol. The van der Waals surface area contributed by atoms with E-state index in [0.717, 1.165) is 0 Å². The molecular formula is C11H28N2. The highest BCUT2D eigenvalue weighted by atomic mass is 15.1. The minimum atomic E-state index is 0. The van der Waals surface area contributed by atoms with Crippen molar-refractivity contribution in [1.29, 1.82) is 0 Å². The Kier molecular flexibility index (Phi) is 14.1. The second-order valence-corrected chi connectivity index (χ2v) is 3.55. The average molecular weight is 188 g/mol. The molecule has 0 aromatic heterocycles. The third-order valence-corrected chi connectivity index (χ3v) is 2.20. The fourth-order valence-electron chi connectivity index (χ4n) is 1.42. The molecule has 0 aliphatic carbocycles. The van der Waals surface area contributed by atoms with Gasteiger partial charge in [-0.1, -0.05) is 33.6 Å².